The Hall–Kier alpha value is -3.48. The lowest BCUT2D eigenvalue weighted by molar-refractivity contribution is 0.112. The van der Waals surface area contributed by atoms with Crippen LogP contribution in [0.1, 0.15) is 16.1 Å². The summed E-state index contributed by atoms with van der Waals surface area (Å²) in [6, 6.07) is 9.89. The molecule has 0 amide bonds. The van der Waals surface area contributed by atoms with Gasteiger partial charge in [0.2, 0.25) is 5.95 Å². The summed E-state index contributed by atoms with van der Waals surface area (Å²) in [6.45, 7) is 1.79. The van der Waals surface area contributed by atoms with Gasteiger partial charge in [-0.05, 0) is 31.2 Å². The zero-order chi connectivity index (χ0) is 17.4. The van der Waals surface area contributed by atoms with E-state index < -0.39 is 0 Å². The number of nitrogens with zero attached hydrogens (tertiary/aromatic N) is 5. The fraction of sp³-hybridized carbons (Fsp3) is 0.111. The predicted molar refractivity (Wildman–Crippen MR) is 95.5 cm³/mol. The number of hydrogen-bond donors (Lipinski definition) is 1. The molecule has 0 unspecified atom stereocenters. The van der Waals surface area contributed by atoms with Crippen LogP contribution in [0, 0.1) is 6.92 Å². The largest absolute Gasteiger partial charge is 0.351 e. The highest BCUT2D eigenvalue weighted by atomic mass is 16.1. The standard InChI is InChI=1S/C18H16N6O/c1-12-14(11-25)10-24(22-12)17-5-7-19-18(21-17)20-15-3-4-16-13(9-15)6-8-23(16)2/h3-11H,1-2H3,(H,19,20,21). The van der Waals surface area contributed by atoms with Crippen molar-refractivity contribution < 1.29 is 4.79 Å². The Morgan fingerprint density at radius 2 is 2.08 bits per heavy atom. The minimum absolute atomic E-state index is 0.466. The Morgan fingerprint density at radius 1 is 1.20 bits per heavy atom. The van der Waals surface area contributed by atoms with E-state index in [2.05, 4.69) is 37.1 Å². The number of carbonyl (C=O) groups is 1. The first-order valence-electron chi connectivity index (χ1n) is 7.81. The van der Waals surface area contributed by atoms with Crippen LogP contribution in [-0.2, 0) is 7.05 Å². The molecular weight excluding hydrogens is 316 g/mol. The number of aldehydes is 1. The monoisotopic (exact) mass is 332 g/mol. The van der Waals surface area contributed by atoms with Gasteiger partial charge >= 0.3 is 0 Å². The van der Waals surface area contributed by atoms with E-state index in [1.165, 1.54) is 0 Å². The van der Waals surface area contributed by atoms with E-state index in [4.69, 9.17) is 0 Å². The highest BCUT2D eigenvalue weighted by Crippen LogP contribution is 2.21. The summed E-state index contributed by atoms with van der Waals surface area (Å²) < 4.78 is 3.65. The molecule has 25 heavy (non-hydrogen) atoms. The molecule has 0 aliphatic rings. The fourth-order valence-electron chi connectivity index (χ4n) is 2.73. The van der Waals surface area contributed by atoms with Gasteiger partial charge in [0.1, 0.15) is 0 Å². The fourth-order valence-corrected chi connectivity index (χ4v) is 2.73. The van der Waals surface area contributed by atoms with Crippen molar-refractivity contribution in [2.24, 2.45) is 7.05 Å². The average Bonchev–Trinajstić information content (AvgIpc) is 3.18. The van der Waals surface area contributed by atoms with Crippen LogP contribution in [0.2, 0.25) is 0 Å². The number of hydrogen-bond acceptors (Lipinski definition) is 5. The molecule has 0 radical (unpaired) electrons. The second-order valence-corrected chi connectivity index (χ2v) is 5.80. The molecule has 0 atom stereocenters. The van der Waals surface area contributed by atoms with Gasteiger partial charge in [0.05, 0.1) is 11.3 Å². The molecule has 3 aromatic heterocycles. The molecule has 4 rings (SSSR count). The Balaban J connectivity index is 1.65. The maximum Gasteiger partial charge on any atom is 0.229 e. The van der Waals surface area contributed by atoms with E-state index in [1.54, 1.807) is 30.1 Å². The quantitative estimate of drug-likeness (QED) is 0.581. The van der Waals surface area contributed by atoms with E-state index in [9.17, 15) is 4.79 Å². The van der Waals surface area contributed by atoms with Crippen molar-refractivity contribution in [2.75, 3.05) is 5.32 Å². The topological polar surface area (TPSA) is 77.6 Å². The molecule has 0 aliphatic carbocycles. The summed E-state index contributed by atoms with van der Waals surface area (Å²) in [4.78, 5) is 19.7. The number of anilines is 2. The van der Waals surface area contributed by atoms with Crippen molar-refractivity contribution in [3.05, 3.63) is 60.2 Å². The SMILES string of the molecule is Cc1nn(-c2ccnc(Nc3ccc4c(ccn4C)c3)n2)cc1C=O. The second-order valence-electron chi connectivity index (χ2n) is 5.80. The zero-order valence-electron chi connectivity index (χ0n) is 13.8. The van der Waals surface area contributed by atoms with Gasteiger partial charge in [-0.3, -0.25) is 4.79 Å². The number of rotatable bonds is 4. The van der Waals surface area contributed by atoms with Crippen LogP contribution in [0.4, 0.5) is 11.6 Å². The van der Waals surface area contributed by atoms with Gasteiger partial charge < -0.3 is 9.88 Å². The zero-order valence-corrected chi connectivity index (χ0v) is 13.8. The highest BCUT2D eigenvalue weighted by Gasteiger charge is 2.08. The molecule has 1 aromatic carbocycles. The third-order valence-electron chi connectivity index (χ3n) is 4.08. The van der Waals surface area contributed by atoms with Gasteiger partial charge in [-0.2, -0.15) is 10.1 Å². The first kappa shape index (κ1) is 15.1. The van der Waals surface area contributed by atoms with E-state index in [0.717, 1.165) is 22.9 Å². The van der Waals surface area contributed by atoms with Crippen molar-refractivity contribution in [3.63, 3.8) is 0 Å². The molecule has 0 spiro atoms. The second kappa shape index (κ2) is 5.86. The Morgan fingerprint density at radius 3 is 2.88 bits per heavy atom. The summed E-state index contributed by atoms with van der Waals surface area (Å²) in [5.41, 5.74) is 3.27. The maximum absolute atomic E-state index is 11.0. The first-order chi connectivity index (χ1) is 12.1. The van der Waals surface area contributed by atoms with Crippen LogP contribution in [0.15, 0.2) is 48.9 Å². The summed E-state index contributed by atoms with van der Waals surface area (Å²) in [5.74, 6) is 1.06. The van der Waals surface area contributed by atoms with Gasteiger partial charge in [-0.1, -0.05) is 0 Å². The molecule has 0 aliphatic heterocycles. The Bertz CT molecular complexity index is 1080. The summed E-state index contributed by atoms with van der Waals surface area (Å²) >= 11 is 0. The number of carbonyl (C=O) groups excluding carboxylic acids is 1. The minimum atomic E-state index is 0.466. The molecule has 0 saturated carbocycles. The van der Waals surface area contributed by atoms with Gasteiger partial charge in [0, 0.05) is 48.3 Å². The molecule has 3 heterocycles. The summed E-state index contributed by atoms with van der Waals surface area (Å²) in [7, 11) is 2.02. The lowest BCUT2D eigenvalue weighted by Crippen LogP contribution is -2.03. The minimum Gasteiger partial charge on any atom is -0.351 e. The number of aryl methyl sites for hydroxylation is 2. The molecular formula is C18H16N6O. The van der Waals surface area contributed by atoms with E-state index >= 15 is 0 Å². The lowest BCUT2D eigenvalue weighted by Gasteiger charge is -2.07. The third kappa shape index (κ3) is 2.76. The Labute approximate surface area is 143 Å². The summed E-state index contributed by atoms with van der Waals surface area (Å²) in [6.07, 6.45) is 6.12. The molecule has 7 heteroatoms. The molecule has 4 aromatic rings. The van der Waals surface area contributed by atoms with Gasteiger partial charge in [-0.15, -0.1) is 0 Å². The van der Waals surface area contributed by atoms with E-state index in [0.29, 0.717) is 23.0 Å². The van der Waals surface area contributed by atoms with Crippen LogP contribution in [0.25, 0.3) is 16.7 Å². The van der Waals surface area contributed by atoms with Crippen molar-refractivity contribution in [1.29, 1.82) is 0 Å². The van der Waals surface area contributed by atoms with Crippen LogP contribution in [0.5, 0.6) is 0 Å². The van der Waals surface area contributed by atoms with Crippen molar-refractivity contribution in [3.8, 4) is 5.82 Å². The van der Waals surface area contributed by atoms with Crippen molar-refractivity contribution in [1.82, 2.24) is 24.3 Å². The van der Waals surface area contributed by atoms with Gasteiger partial charge in [0.25, 0.3) is 0 Å². The van der Waals surface area contributed by atoms with Crippen LogP contribution in [0.3, 0.4) is 0 Å². The number of aromatic nitrogens is 5. The normalized spacial score (nSPS) is 11.0. The van der Waals surface area contributed by atoms with Crippen molar-refractivity contribution >= 4 is 28.8 Å². The van der Waals surface area contributed by atoms with E-state index in [-0.39, 0.29) is 0 Å². The lowest BCUT2D eigenvalue weighted by atomic mass is 10.2. The van der Waals surface area contributed by atoms with Crippen LogP contribution < -0.4 is 5.32 Å². The molecule has 1 N–H and O–H groups in total. The summed E-state index contributed by atoms with van der Waals surface area (Å²) in [5, 5.41) is 8.66. The maximum atomic E-state index is 11.0. The molecule has 0 saturated heterocycles. The Kier molecular flexibility index (Phi) is 3.53. The van der Waals surface area contributed by atoms with Gasteiger partial charge in [0.15, 0.2) is 12.1 Å². The molecule has 0 bridgehead atoms. The number of nitrogens with one attached hydrogen (secondary N) is 1. The first-order valence-corrected chi connectivity index (χ1v) is 7.81. The average molecular weight is 332 g/mol. The van der Waals surface area contributed by atoms with Crippen LogP contribution in [-0.4, -0.2) is 30.6 Å². The van der Waals surface area contributed by atoms with Crippen LogP contribution >= 0.6 is 0 Å². The molecule has 0 fully saturated rings. The molecule has 7 nitrogen and oxygen atoms in total. The predicted octanol–water partition coefficient (Wildman–Crippen LogP) is 3.02. The highest BCUT2D eigenvalue weighted by molar-refractivity contribution is 5.84. The molecule has 124 valence electrons. The van der Waals surface area contributed by atoms with Crippen molar-refractivity contribution in [2.45, 2.75) is 6.92 Å². The van der Waals surface area contributed by atoms with E-state index in [1.807, 2.05) is 25.4 Å². The number of fused-ring (bicyclic) bond motifs is 1. The van der Waals surface area contributed by atoms with Gasteiger partial charge in [-0.25, -0.2) is 9.67 Å². The third-order valence-corrected chi connectivity index (χ3v) is 4.08. The number of benzene rings is 1. The smallest absolute Gasteiger partial charge is 0.229 e.